The van der Waals surface area contributed by atoms with E-state index in [1.807, 2.05) is 19.1 Å². The molecule has 2 aromatic rings. The largest absolute Gasteiger partial charge is 0.271 e. The number of sulfonamides is 1. The number of unbranched alkanes of at least 4 members (excludes halogenated alkanes) is 1. The minimum atomic E-state index is -3.57. The van der Waals surface area contributed by atoms with Crippen molar-refractivity contribution in [1.82, 2.24) is 9.78 Å². The standard InChI is InChI=1S/C15H21N3O2S/c1-3-5-6-13-7-9-14(10-8-13)21(19,20)17-15-11-12-18(4-2)16-15/h7-12H,3-6H2,1-2H3,(H,16,17). The van der Waals surface area contributed by atoms with Gasteiger partial charge in [-0.15, -0.1) is 0 Å². The van der Waals surface area contributed by atoms with Gasteiger partial charge in [0.1, 0.15) is 0 Å². The Morgan fingerprint density at radius 3 is 2.43 bits per heavy atom. The van der Waals surface area contributed by atoms with Gasteiger partial charge in [-0.2, -0.15) is 5.10 Å². The highest BCUT2D eigenvalue weighted by molar-refractivity contribution is 7.92. The van der Waals surface area contributed by atoms with Gasteiger partial charge in [-0.05, 0) is 37.5 Å². The Bertz CT molecular complexity index is 675. The van der Waals surface area contributed by atoms with E-state index in [1.54, 1.807) is 29.1 Å². The first-order valence-corrected chi connectivity index (χ1v) is 8.68. The highest BCUT2D eigenvalue weighted by Crippen LogP contribution is 2.16. The second kappa shape index (κ2) is 6.76. The molecule has 6 heteroatoms. The molecule has 0 bridgehead atoms. The summed E-state index contributed by atoms with van der Waals surface area (Å²) < 4.78 is 28.7. The molecule has 0 saturated carbocycles. The molecule has 1 aromatic carbocycles. The molecule has 0 atom stereocenters. The van der Waals surface area contributed by atoms with E-state index in [0.717, 1.165) is 24.8 Å². The van der Waals surface area contributed by atoms with Gasteiger partial charge >= 0.3 is 0 Å². The Labute approximate surface area is 126 Å². The number of rotatable bonds is 7. The van der Waals surface area contributed by atoms with E-state index in [4.69, 9.17) is 0 Å². The predicted molar refractivity (Wildman–Crippen MR) is 83.8 cm³/mol. The summed E-state index contributed by atoms with van der Waals surface area (Å²) in [4.78, 5) is 0.258. The predicted octanol–water partition coefficient (Wildman–Crippen LogP) is 3.05. The van der Waals surface area contributed by atoms with Crippen LogP contribution in [-0.2, 0) is 23.0 Å². The minimum absolute atomic E-state index is 0.258. The molecule has 0 spiro atoms. The summed E-state index contributed by atoms with van der Waals surface area (Å²) in [6.07, 6.45) is 4.96. The summed E-state index contributed by atoms with van der Waals surface area (Å²) in [5.41, 5.74) is 1.16. The fourth-order valence-electron chi connectivity index (χ4n) is 2.01. The van der Waals surface area contributed by atoms with Gasteiger partial charge in [0, 0.05) is 18.8 Å². The van der Waals surface area contributed by atoms with Crippen LogP contribution in [0, 0.1) is 0 Å². The zero-order valence-corrected chi connectivity index (χ0v) is 13.2. The third-order valence-corrected chi connectivity index (χ3v) is 4.63. The lowest BCUT2D eigenvalue weighted by Crippen LogP contribution is -2.13. The van der Waals surface area contributed by atoms with Gasteiger partial charge in [0.05, 0.1) is 4.90 Å². The Kier molecular flexibility index (Phi) is 5.01. The van der Waals surface area contributed by atoms with E-state index in [1.165, 1.54) is 0 Å². The van der Waals surface area contributed by atoms with Gasteiger partial charge in [-0.3, -0.25) is 9.40 Å². The molecule has 0 saturated heterocycles. The van der Waals surface area contributed by atoms with Crippen LogP contribution in [0.4, 0.5) is 5.82 Å². The number of aromatic nitrogens is 2. The van der Waals surface area contributed by atoms with Gasteiger partial charge in [0.15, 0.2) is 5.82 Å². The van der Waals surface area contributed by atoms with Crippen molar-refractivity contribution in [2.45, 2.75) is 44.6 Å². The third kappa shape index (κ3) is 4.07. The molecule has 0 unspecified atom stereocenters. The van der Waals surface area contributed by atoms with Gasteiger partial charge in [-0.1, -0.05) is 25.5 Å². The normalized spacial score (nSPS) is 11.5. The molecule has 0 fully saturated rings. The Hall–Kier alpha value is -1.82. The maximum absolute atomic E-state index is 12.3. The van der Waals surface area contributed by atoms with E-state index in [2.05, 4.69) is 16.7 Å². The molecular weight excluding hydrogens is 286 g/mol. The lowest BCUT2D eigenvalue weighted by Gasteiger charge is -2.06. The van der Waals surface area contributed by atoms with E-state index in [-0.39, 0.29) is 4.90 Å². The Balaban J connectivity index is 2.11. The SMILES string of the molecule is CCCCc1ccc(S(=O)(=O)Nc2ccn(CC)n2)cc1. The third-order valence-electron chi connectivity index (χ3n) is 3.26. The number of anilines is 1. The highest BCUT2D eigenvalue weighted by Gasteiger charge is 2.15. The smallest absolute Gasteiger partial charge is 0.263 e. The molecular formula is C15H21N3O2S. The molecule has 5 nitrogen and oxygen atoms in total. The average molecular weight is 307 g/mol. The van der Waals surface area contributed by atoms with Crippen molar-refractivity contribution < 1.29 is 8.42 Å². The molecule has 114 valence electrons. The summed E-state index contributed by atoms with van der Waals surface area (Å²) in [6, 6.07) is 8.68. The van der Waals surface area contributed by atoms with Crippen molar-refractivity contribution in [2.75, 3.05) is 4.72 Å². The molecule has 1 aromatic heterocycles. The molecule has 0 aliphatic carbocycles. The van der Waals surface area contributed by atoms with Crippen molar-refractivity contribution >= 4 is 15.8 Å². The quantitative estimate of drug-likeness (QED) is 0.855. The summed E-state index contributed by atoms with van der Waals surface area (Å²) in [5.74, 6) is 0.340. The zero-order chi connectivity index (χ0) is 15.3. The van der Waals surface area contributed by atoms with Crippen LogP contribution in [0.5, 0.6) is 0 Å². The fourth-order valence-corrected chi connectivity index (χ4v) is 3.00. The van der Waals surface area contributed by atoms with Gasteiger partial charge < -0.3 is 0 Å². The Morgan fingerprint density at radius 1 is 1.14 bits per heavy atom. The molecule has 0 radical (unpaired) electrons. The summed E-state index contributed by atoms with van der Waals surface area (Å²) in [5, 5.41) is 4.12. The zero-order valence-electron chi connectivity index (χ0n) is 12.4. The lowest BCUT2D eigenvalue weighted by molar-refractivity contribution is 0.600. The average Bonchev–Trinajstić information content (AvgIpc) is 2.92. The summed E-state index contributed by atoms with van der Waals surface area (Å²) >= 11 is 0. The topological polar surface area (TPSA) is 64.0 Å². The molecule has 0 amide bonds. The first kappa shape index (κ1) is 15.6. The Morgan fingerprint density at radius 2 is 1.86 bits per heavy atom. The fraction of sp³-hybridized carbons (Fsp3) is 0.400. The maximum atomic E-state index is 12.3. The first-order chi connectivity index (χ1) is 10.0. The second-order valence-corrected chi connectivity index (χ2v) is 6.59. The van der Waals surface area contributed by atoms with E-state index < -0.39 is 10.0 Å². The van der Waals surface area contributed by atoms with Crippen molar-refractivity contribution in [2.24, 2.45) is 0 Å². The second-order valence-electron chi connectivity index (χ2n) is 4.91. The number of benzene rings is 1. The van der Waals surface area contributed by atoms with E-state index >= 15 is 0 Å². The molecule has 1 heterocycles. The van der Waals surface area contributed by atoms with Crippen LogP contribution in [0.1, 0.15) is 32.3 Å². The van der Waals surface area contributed by atoms with Crippen molar-refractivity contribution in [1.29, 1.82) is 0 Å². The van der Waals surface area contributed by atoms with Crippen molar-refractivity contribution in [3.63, 3.8) is 0 Å². The highest BCUT2D eigenvalue weighted by atomic mass is 32.2. The van der Waals surface area contributed by atoms with Gasteiger partial charge in [0.2, 0.25) is 0 Å². The van der Waals surface area contributed by atoms with Crippen LogP contribution >= 0.6 is 0 Å². The van der Waals surface area contributed by atoms with Crippen molar-refractivity contribution in [3.8, 4) is 0 Å². The minimum Gasteiger partial charge on any atom is -0.271 e. The van der Waals surface area contributed by atoms with Crippen LogP contribution in [0.15, 0.2) is 41.4 Å². The number of aryl methyl sites for hydroxylation is 2. The molecule has 0 aliphatic rings. The van der Waals surface area contributed by atoms with E-state index in [9.17, 15) is 8.42 Å². The number of nitrogens with one attached hydrogen (secondary N) is 1. The number of hydrogen-bond acceptors (Lipinski definition) is 3. The van der Waals surface area contributed by atoms with Crippen LogP contribution in [0.2, 0.25) is 0 Å². The summed E-state index contributed by atoms with van der Waals surface area (Å²) in [6.45, 7) is 4.78. The molecule has 21 heavy (non-hydrogen) atoms. The maximum Gasteiger partial charge on any atom is 0.263 e. The number of nitrogens with zero attached hydrogens (tertiary/aromatic N) is 2. The van der Waals surface area contributed by atoms with Crippen molar-refractivity contribution in [3.05, 3.63) is 42.1 Å². The number of hydrogen-bond donors (Lipinski definition) is 1. The lowest BCUT2D eigenvalue weighted by atomic mass is 10.1. The van der Waals surface area contributed by atoms with Crippen LogP contribution in [0.3, 0.4) is 0 Å². The monoisotopic (exact) mass is 307 g/mol. The van der Waals surface area contributed by atoms with Crippen LogP contribution in [0.25, 0.3) is 0 Å². The van der Waals surface area contributed by atoms with Crippen LogP contribution in [-0.4, -0.2) is 18.2 Å². The first-order valence-electron chi connectivity index (χ1n) is 7.20. The van der Waals surface area contributed by atoms with E-state index in [0.29, 0.717) is 12.4 Å². The van der Waals surface area contributed by atoms with Gasteiger partial charge in [-0.25, -0.2) is 8.42 Å². The van der Waals surface area contributed by atoms with Crippen LogP contribution < -0.4 is 4.72 Å². The molecule has 1 N–H and O–H groups in total. The molecule has 2 rings (SSSR count). The summed E-state index contributed by atoms with van der Waals surface area (Å²) in [7, 11) is -3.57. The van der Waals surface area contributed by atoms with Gasteiger partial charge in [0.25, 0.3) is 10.0 Å². The molecule has 0 aliphatic heterocycles.